The van der Waals surface area contributed by atoms with Crippen molar-refractivity contribution in [2.24, 2.45) is 0 Å². The van der Waals surface area contributed by atoms with Gasteiger partial charge in [0, 0.05) is 5.69 Å². The van der Waals surface area contributed by atoms with Crippen LogP contribution < -0.4 is 5.73 Å². The number of alkyl halides is 3. The molecule has 0 saturated heterocycles. The van der Waals surface area contributed by atoms with Crippen LogP contribution in [-0.2, 0) is 6.18 Å². The summed E-state index contributed by atoms with van der Waals surface area (Å²) < 4.78 is 36.5. The summed E-state index contributed by atoms with van der Waals surface area (Å²) in [5.74, 6) is 0. The van der Waals surface area contributed by atoms with Crippen molar-refractivity contribution >= 4 is 5.69 Å². The van der Waals surface area contributed by atoms with Crippen molar-refractivity contribution in [3.05, 3.63) is 65.7 Å². The molecule has 0 spiro atoms. The number of anilines is 1. The third-order valence-corrected chi connectivity index (χ3v) is 2.35. The lowest BCUT2D eigenvalue weighted by atomic mass is 10.1. The molecular weight excluding hydrogens is 239 g/mol. The molecule has 0 fully saturated rings. The quantitative estimate of drug-likeness (QED) is 0.697. The smallest absolute Gasteiger partial charge is 0.399 e. The minimum Gasteiger partial charge on any atom is -0.399 e. The molecule has 4 heteroatoms. The summed E-state index contributed by atoms with van der Waals surface area (Å²) in [6, 6.07) is 15.8. The van der Waals surface area contributed by atoms with Crippen LogP contribution in [0, 0.1) is 6.92 Å². The Morgan fingerprint density at radius 3 is 1.61 bits per heavy atom. The van der Waals surface area contributed by atoms with Gasteiger partial charge in [-0.2, -0.15) is 13.2 Å². The first-order chi connectivity index (χ1) is 8.43. The maximum atomic E-state index is 12.2. The molecule has 0 heterocycles. The van der Waals surface area contributed by atoms with Crippen molar-refractivity contribution in [3.63, 3.8) is 0 Å². The fourth-order valence-corrected chi connectivity index (χ4v) is 1.35. The van der Waals surface area contributed by atoms with E-state index in [2.05, 4.69) is 0 Å². The number of nitrogen functional groups attached to an aromatic ring is 1. The molecule has 0 aromatic heterocycles. The second kappa shape index (κ2) is 6.10. The number of halogens is 3. The highest BCUT2D eigenvalue weighted by Gasteiger charge is 2.32. The topological polar surface area (TPSA) is 26.0 Å². The van der Waals surface area contributed by atoms with Gasteiger partial charge in [0.15, 0.2) is 0 Å². The van der Waals surface area contributed by atoms with Gasteiger partial charge in [0.25, 0.3) is 0 Å². The first-order valence-electron chi connectivity index (χ1n) is 5.35. The van der Waals surface area contributed by atoms with E-state index in [0.29, 0.717) is 0 Å². The molecule has 0 bridgehead atoms. The summed E-state index contributed by atoms with van der Waals surface area (Å²) in [5.41, 5.74) is 4.91. The number of nitrogens with two attached hydrogens (primary N) is 1. The molecule has 0 radical (unpaired) electrons. The van der Waals surface area contributed by atoms with Crippen LogP contribution in [0.1, 0.15) is 11.1 Å². The third kappa shape index (κ3) is 4.13. The van der Waals surface area contributed by atoms with Crippen LogP contribution in [0.4, 0.5) is 18.9 Å². The largest absolute Gasteiger partial charge is 0.416 e. The Morgan fingerprint density at radius 1 is 0.833 bits per heavy atom. The Balaban J connectivity index is 0.000000225. The van der Waals surface area contributed by atoms with Crippen LogP contribution in [0.2, 0.25) is 0 Å². The Morgan fingerprint density at radius 2 is 1.28 bits per heavy atom. The lowest BCUT2D eigenvalue weighted by molar-refractivity contribution is -0.138. The molecular formula is C14H14F3N. The van der Waals surface area contributed by atoms with Crippen LogP contribution in [0.25, 0.3) is 0 Å². The van der Waals surface area contributed by atoms with E-state index in [9.17, 15) is 13.2 Å². The highest BCUT2D eigenvalue weighted by molar-refractivity contribution is 5.50. The zero-order valence-corrected chi connectivity index (χ0v) is 9.91. The molecule has 0 saturated carbocycles. The summed E-state index contributed by atoms with van der Waals surface area (Å²) in [6.07, 6.45) is -4.31. The van der Waals surface area contributed by atoms with E-state index in [1.165, 1.54) is 19.1 Å². The molecule has 2 aromatic carbocycles. The molecule has 1 nitrogen and oxygen atoms in total. The van der Waals surface area contributed by atoms with E-state index in [0.717, 1.165) is 6.07 Å². The predicted octanol–water partition coefficient (Wildman–Crippen LogP) is 4.28. The van der Waals surface area contributed by atoms with Gasteiger partial charge in [-0.15, -0.1) is 0 Å². The Bertz CT molecular complexity index is 451. The number of hydrogen-bond donors (Lipinski definition) is 1. The minimum absolute atomic E-state index is 0.0880. The number of hydrogen-bond acceptors (Lipinski definition) is 1. The first-order valence-corrected chi connectivity index (χ1v) is 5.35. The highest BCUT2D eigenvalue weighted by atomic mass is 19.4. The van der Waals surface area contributed by atoms with Crippen LogP contribution >= 0.6 is 0 Å². The highest BCUT2D eigenvalue weighted by Crippen LogP contribution is 2.33. The molecule has 2 N–H and O–H groups in total. The number of benzene rings is 2. The SMILES string of the molecule is Cc1c(N)cccc1C(F)(F)F.c1ccccc1. The molecule has 2 aromatic rings. The molecule has 96 valence electrons. The zero-order valence-electron chi connectivity index (χ0n) is 9.91. The predicted molar refractivity (Wildman–Crippen MR) is 67.0 cm³/mol. The van der Waals surface area contributed by atoms with Gasteiger partial charge in [-0.25, -0.2) is 0 Å². The fraction of sp³-hybridized carbons (Fsp3) is 0.143. The van der Waals surface area contributed by atoms with Gasteiger partial charge in [0.2, 0.25) is 0 Å². The van der Waals surface area contributed by atoms with E-state index in [1.54, 1.807) is 0 Å². The van der Waals surface area contributed by atoms with Crippen molar-refractivity contribution < 1.29 is 13.2 Å². The maximum Gasteiger partial charge on any atom is 0.416 e. The molecule has 0 atom stereocenters. The summed E-state index contributed by atoms with van der Waals surface area (Å²) in [5, 5.41) is 0. The van der Waals surface area contributed by atoms with Gasteiger partial charge in [-0.05, 0) is 24.6 Å². The molecule has 0 aliphatic carbocycles. The Hall–Kier alpha value is -1.97. The van der Waals surface area contributed by atoms with Crippen molar-refractivity contribution in [1.29, 1.82) is 0 Å². The maximum absolute atomic E-state index is 12.2. The fourth-order valence-electron chi connectivity index (χ4n) is 1.35. The molecule has 2 rings (SSSR count). The van der Waals surface area contributed by atoms with Crippen molar-refractivity contribution in [1.82, 2.24) is 0 Å². The second-order valence-electron chi connectivity index (χ2n) is 3.67. The van der Waals surface area contributed by atoms with Gasteiger partial charge >= 0.3 is 6.18 Å². The van der Waals surface area contributed by atoms with Crippen molar-refractivity contribution in [2.45, 2.75) is 13.1 Å². The molecule has 18 heavy (non-hydrogen) atoms. The average molecular weight is 253 g/mol. The Kier molecular flexibility index (Phi) is 4.77. The molecule has 0 amide bonds. The van der Waals surface area contributed by atoms with E-state index in [-0.39, 0.29) is 11.3 Å². The standard InChI is InChI=1S/C8H8F3N.C6H6/c1-5-6(8(9,10)11)3-2-4-7(5)12;1-2-4-6-5-3-1/h2-4H,12H2,1H3;1-6H. The lowest BCUT2D eigenvalue weighted by Gasteiger charge is -2.10. The van der Waals surface area contributed by atoms with E-state index >= 15 is 0 Å². The second-order valence-corrected chi connectivity index (χ2v) is 3.67. The lowest BCUT2D eigenvalue weighted by Crippen LogP contribution is -2.08. The van der Waals surface area contributed by atoms with Gasteiger partial charge in [-0.1, -0.05) is 42.5 Å². The minimum atomic E-state index is -4.31. The first kappa shape index (κ1) is 14.1. The van der Waals surface area contributed by atoms with Gasteiger partial charge in [-0.3, -0.25) is 0 Å². The molecule has 0 aliphatic rings. The van der Waals surface area contributed by atoms with Crippen molar-refractivity contribution in [3.8, 4) is 0 Å². The molecule has 0 aliphatic heterocycles. The van der Waals surface area contributed by atoms with Gasteiger partial charge in [0.1, 0.15) is 0 Å². The zero-order chi connectivity index (χ0) is 13.6. The van der Waals surface area contributed by atoms with Crippen LogP contribution in [-0.4, -0.2) is 0 Å². The van der Waals surface area contributed by atoms with E-state index < -0.39 is 11.7 Å². The monoisotopic (exact) mass is 253 g/mol. The summed E-state index contributed by atoms with van der Waals surface area (Å²) >= 11 is 0. The summed E-state index contributed by atoms with van der Waals surface area (Å²) in [4.78, 5) is 0. The number of rotatable bonds is 0. The van der Waals surface area contributed by atoms with Gasteiger partial charge in [0.05, 0.1) is 5.56 Å². The van der Waals surface area contributed by atoms with Crippen LogP contribution in [0.5, 0.6) is 0 Å². The van der Waals surface area contributed by atoms with Crippen molar-refractivity contribution in [2.75, 3.05) is 5.73 Å². The summed E-state index contributed by atoms with van der Waals surface area (Å²) in [6.45, 7) is 1.36. The van der Waals surface area contributed by atoms with Gasteiger partial charge < -0.3 is 5.73 Å². The molecule has 0 unspecified atom stereocenters. The van der Waals surface area contributed by atoms with Crippen LogP contribution in [0.3, 0.4) is 0 Å². The third-order valence-electron chi connectivity index (χ3n) is 2.35. The van der Waals surface area contributed by atoms with Crippen LogP contribution in [0.15, 0.2) is 54.6 Å². The normalized spacial score (nSPS) is 10.4. The summed E-state index contributed by atoms with van der Waals surface area (Å²) in [7, 11) is 0. The Labute approximate surface area is 104 Å². The van der Waals surface area contributed by atoms with E-state index in [4.69, 9.17) is 5.73 Å². The average Bonchev–Trinajstić information content (AvgIpc) is 2.34. The van der Waals surface area contributed by atoms with E-state index in [1.807, 2.05) is 36.4 Å².